The van der Waals surface area contributed by atoms with E-state index in [1.165, 1.54) is 0 Å². The molecule has 0 aromatic carbocycles. The maximum Gasteiger partial charge on any atom is 0.230 e. The monoisotopic (exact) mass is 209 g/mol. The molecule has 2 amide bonds. The van der Waals surface area contributed by atoms with Crippen molar-refractivity contribution in [1.29, 1.82) is 0 Å². The van der Waals surface area contributed by atoms with Gasteiger partial charge in [-0.3, -0.25) is 14.9 Å². The zero-order chi connectivity index (χ0) is 11.0. The predicted octanol–water partition coefficient (Wildman–Crippen LogP) is 1.72. The number of carbonyl (C=O) groups excluding carboxylic acids is 2. The molecular weight excluding hydrogens is 190 g/mol. The summed E-state index contributed by atoms with van der Waals surface area (Å²) in [6.45, 7) is 4.23. The van der Waals surface area contributed by atoms with Gasteiger partial charge in [0.05, 0.1) is 11.8 Å². The summed E-state index contributed by atoms with van der Waals surface area (Å²) in [5, 5.41) is 2.51. The van der Waals surface area contributed by atoms with Crippen molar-refractivity contribution in [2.24, 2.45) is 23.7 Å². The molecule has 2 fully saturated rings. The van der Waals surface area contributed by atoms with Crippen LogP contribution in [0.2, 0.25) is 0 Å². The largest absolute Gasteiger partial charge is 0.296 e. The average Bonchev–Trinajstić information content (AvgIpc) is 2.54. The summed E-state index contributed by atoms with van der Waals surface area (Å²) in [4.78, 5) is 23.4. The van der Waals surface area contributed by atoms with Crippen molar-refractivity contribution in [3.8, 4) is 0 Å². The first-order valence-corrected chi connectivity index (χ1v) is 6.03. The van der Waals surface area contributed by atoms with Crippen molar-refractivity contribution < 1.29 is 9.59 Å². The molecule has 1 aliphatic heterocycles. The minimum Gasteiger partial charge on any atom is -0.296 e. The van der Waals surface area contributed by atoms with Gasteiger partial charge in [0.2, 0.25) is 11.8 Å². The molecule has 3 nitrogen and oxygen atoms in total. The summed E-state index contributed by atoms with van der Waals surface area (Å²) >= 11 is 0. The summed E-state index contributed by atoms with van der Waals surface area (Å²) in [6.07, 6.45) is 4.24. The molecular formula is C12H19NO2. The lowest BCUT2D eigenvalue weighted by molar-refractivity contribution is -0.126. The van der Waals surface area contributed by atoms with Gasteiger partial charge < -0.3 is 0 Å². The van der Waals surface area contributed by atoms with Gasteiger partial charge in [0, 0.05) is 0 Å². The number of nitrogens with one attached hydrogen (secondary N) is 1. The molecule has 84 valence electrons. The lowest BCUT2D eigenvalue weighted by atomic mass is 9.66. The number of imide groups is 1. The third-order valence-electron chi connectivity index (χ3n) is 4.21. The molecule has 4 atom stereocenters. The van der Waals surface area contributed by atoms with E-state index in [9.17, 15) is 9.59 Å². The summed E-state index contributed by atoms with van der Waals surface area (Å²) in [6, 6.07) is 0. The van der Waals surface area contributed by atoms with Crippen LogP contribution in [0.25, 0.3) is 0 Å². The average molecular weight is 209 g/mol. The van der Waals surface area contributed by atoms with E-state index in [1.54, 1.807) is 0 Å². The highest BCUT2D eigenvalue weighted by Crippen LogP contribution is 2.44. The van der Waals surface area contributed by atoms with Gasteiger partial charge in [-0.1, -0.05) is 26.7 Å². The fourth-order valence-electron chi connectivity index (χ4n) is 3.33. The lowest BCUT2D eigenvalue weighted by Gasteiger charge is -2.35. The van der Waals surface area contributed by atoms with Crippen LogP contribution in [0.3, 0.4) is 0 Å². The molecule has 0 bridgehead atoms. The van der Waals surface area contributed by atoms with Crippen molar-refractivity contribution in [1.82, 2.24) is 5.32 Å². The third kappa shape index (κ3) is 1.58. The molecule has 0 aromatic rings. The Hall–Kier alpha value is -0.860. The highest BCUT2D eigenvalue weighted by Gasteiger charge is 2.50. The van der Waals surface area contributed by atoms with Gasteiger partial charge in [-0.05, 0) is 24.7 Å². The fourth-order valence-corrected chi connectivity index (χ4v) is 3.33. The minimum atomic E-state index is -0.0267. The highest BCUT2D eigenvalue weighted by molar-refractivity contribution is 6.05. The number of hydrogen-bond acceptors (Lipinski definition) is 2. The van der Waals surface area contributed by atoms with Crippen LogP contribution >= 0.6 is 0 Å². The van der Waals surface area contributed by atoms with Crippen molar-refractivity contribution in [3.05, 3.63) is 0 Å². The highest BCUT2D eigenvalue weighted by atomic mass is 16.2. The molecule has 1 N–H and O–H groups in total. The van der Waals surface area contributed by atoms with Crippen molar-refractivity contribution in [2.45, 2.75) is 39.5 Å². The Labute approximate surface area is 90.6 Å². The molecule has 1 saturated heterocycles. The zero-order valence-electron chi connectivity index (χ0n) is 9.45. The van der Waals surface area contributed by atoms with E-state index >= 15 is 0 Å². The Morgan fingerprint density at radius 3 is 1.73 bits per heavy atom. The third-order valence-corrected chi connectivity index (χ3v) is 4.21. The molecule has 2 aliphatic rings. The van der Waals surface area contributed by atoms with Crippen LogP contribution in [0.5, 0.6) is 0 Å². The molecule has 0 radical (unpaired) electrons. The summed E-state index contributed by atoms with van der Waals surface area (Å²) in [5.74, 6) is 0.751. The van der Waals surface area contributed by atoms with Gasteiger partial charge in [0.15, 0.2) is 0 Å². The number of rotatable bonds is 2. The molecule has 2 rings (SSSR count). The van der Waals surface area contributed by atoms with E-state index in [-0.39, 0.29) is 23.7 Å². The van der Waals surface area contributed by atoms with Crippen LogP contribution in [0.4, 0.5) is 0 Å². The first-order valence-electron chi connectivity index (χ1n) is 6.03. The molecule has 4 unspecified atom stereocenters. The minimum absolute atomic E-state index is 0.0185. The van der Waals surface area contributed by atoms with Gasteiger partial charge >= 0.3 is 0 Å². The van der Waals surface area contributed by atoms with Crippen LogP contribution in [-0.2, 0) is 9.59 Å². The first kappa shape index (κ1) is 10.7. The standard InChI is InChI=1S/C12H19NO2/c1-3-7-5-6-8(4-2)10-9(7)11(14)13-12(10)15/h7-10H,3-6H2,1-2H3,(H,13,14,15). The number of carbonyl (C=O) groups is 2. The van der Waals surface area contributed by atoms with Crippen LogP contribution in [0.15, 0.2) is 0 Å². The Balaban J connectivity index is 2.26. The van der Waals surface area contributed by atoms with Gasteiger partial charge in [-0.15, -0.1) is 0 Å². The van der Waals surface area contributed by atoms with Gasteiger partial charge in [0.1, 0.15) is 0 Å². The Bertz CT molecular complexity index is 259. The molecule has 1 saturated carbocycles. The predicted molar refractivity (Wildman–Crippen MR) is 56.9 cm³/mol. The van der Waals surface area contributed by atoms with Crippen LogP contribution in [0.1, 0.15) is 39.5 Å². The van der Waals surface area contributed by atoms with Crippen LogP contribution < -0.4 is 5.32 Å². The molecule has 15 heavy (non-hydrogen) atoms. The van der Waals surface area contributed by atoms with Crippen LogP contribution in [-0.4, -0.2) is 11.8 Å². The normalized spacial score (nSPS) is 40.1. The number of hydrogen-bond donors (Lipinski definition) is 1. The second kappa shape index (κ2) is 3.95. The molecule has 1 heterocycles. The topological polar surface area (TPSA) is 46.2 Å². The Morgan fingerprint density at radius 2 is 1.40 bits per heavy atom. The SMILES string of the molecule is CCC1CCC(CC)C2C(=O)NC(=O)C12. The molecule has 0 aromatic heterocycles. The van der Waals surface area contributed by atoms with Crippen molar-refractivity contribution in [3.63, 3.8) is 0 Å². The van der Waals surface area contributed by atoms with E-state index < -0.39 is 0 Å². The zero-order valence-corrected chi connectivity index (χ0v) is 9.45. The quantitative estimate of drug-likeness (QED) is 0.704. The van der Waals surface area contributed by atoms with E-state index in [0.29, 0.717) is 11.8 Å². The van der Waals surface area contributed by atoms with E-state index in [2.05, 4.69) is 19.2 Å². The maximum atomic E-state index is 11.7. The van der Waals surface area contributed by atoms with Crippen LogP contribution in [0, 0.1) is 23.7 Å². The number of fused-ring (bicyclic) bond motifs is 1. The Kier molecular flexibility index (Phi) is 2.81. The van der Waals surface area contributed by atoms with Gasteiger partial charge in [-0.2, -0.15) is 0 Å². The molecule has 1 aliphatic carbocycles. The van der Waals surface area contributed by atoms with E-state index in [4.69, 9.17) is 0 Å². The Morgan fingerprint density at radius 1 is 1.00 bits per heavy atom. The van der Waals surface area contributed by atoms with Crippen molar-refractivity contribution in [2.75, 3.05) is 0 Å². The van der Waals surface area contributed by atoms with Gasteiger partial charge in [0.25, 0.3) is 0 Å². The summed E-state index contributed by atoms with van der Waals surface area (Å²) in [7, 11) is 0. The van der Waals surface area contributed by atoms with E-state index in [0.717, 1.165) is 25.7 Å². The fraction of sp³-hybridized carbons (Fsp3) is 0.833. The first-order chi connectivity index (χ1) is 7.19. The second-order valence-electron chi connectivity index (χ2n) is 4.82. The van der Waals surface area contributed by atoms with Gasteiger partial charge in [-0.25, -0.2) is 0 Å². The number of amides is 2. The lowest BCUT2D eigenvalue weighted by Crippen LogP contribution is -2.36. The second-order valence-corrected chi connectivity index (χ2v) is 4.82. The molecule has 3 heteroatoms. The summed E-state index contributed by atoms with van der Waals surface area (Å²) in [5.41, 5.74) is 0. The van der Waals surface area contributed by atoms with E-state index in [1.807, 2.05) is 0 Å². The van der Waals surface area contributed by atoms with Crippen molar-refractivity contribution >= 4 is 11.8 Å². The summed E-state index contributed by atoms with van der Waals surface area (Å²) < 4.78 is 0. The maximum absolute atomic E-state index is 11.7. The smallest absolute Gasteiger partial charge is 0.230 e. The molecule has 0 spiro atoms.